The molecule has 1 aliphatic heterocycles. The summed E-state index contributed by atoms with van der Waals surface area (Å²) in [6.45, 7) is 4.21. The van der Waals surface area contributed by atoms with Crippen molar-refractivity contribution >= 4 is 27.0 Å². The van der Waals surface area contributed by atoms with Gasteiger partial charge in [-0.15, -0.1) is 0 Å². The molecule has 4 rings (SSSR count). The third-order valence-corrected chi connectivity index (χ3v) is 7.47. The van der Waals surface area contributed by atoms with E-state index < -0.39 is 10.0 Å². The van der Waals surface area contributed by atoms with Gasteiger partial charge in [-0.2, -0.15) is 4.31 Å². The summed E-state index contributed by atoms with van der Waals surface area (Å²) >= 11 is 0. The van der Waals surface area contributed by atoms with E-state index in [0.717, 1.165) is 16.6 Å². The fourth-order valence-electron chi connectivity index (χ4n) is 3.81. The minimum absolute atomic E-state index is 0.0439. The van der Waals surface area contributed by atoms with E-state index >= 15 is 0 Å². The molecule has 2 heterocycles. The average Bonchev–Trinajstić information content (AvgIpc) is 2.98. The number of sulfonamides is 1. The molecular formula is C22H26N4O3S. The van der Waals surface area contributed by atoms with Gasteiger partial charge in [0.15, 0.2) is 0 Å². The lowest BCUT2D eigenvalue weighted by Gasteiger charge is -2.22. The zero-order chi connectivity index (χ0) is 21.1. The van der Waals surface area contributed by atoms with Crippen molar-refractivity contribution in [1.29, 1.82) is 0 Å². The van der Waals surface area contributed by atoms with E-state index in [1.807, 2.05) is 35.8 Å². The Hall–Kier alpha value is -2.71. The second-order valence-corrected chi connectivity index (χ2v) is 9.57. The van der Waals surface area contributed by atoms with Crippen molar-refractivity contribution in [3.05, 3.63) is 60.4 Å². The number of carbonyl (C=O) groups is 1. The lowest BCUT2D eigenvalue weighted by Crippen LogP contribution is -2.37. The first-order valence-corrected chi connectivity index (χ1v) is 11.6. The van der Waals surface area contributed by atoms with E-state index in [1.165, 1.54) is 4.31 Å². The Bertz CT molecular complexity index is 1140. The van der Waals surface area contributed by atoms with Gasteiger partial charge in [-0.1, -0.05) is 29.8 Å². The van der Waals surface area contributed by atoms with E-state index in [9.17, 15) is 13.2 Å². The molecule has 0 radical (unpaired) electrons. The summed E-state index contributed by atoms with van der Waals surface area (Å²) in [5, 5.41) is 0. The summed E-state index contributed by atoms with van der Waals surface area (Å²) < 4.78 is 29.4. The van der Waals surface area contributed by atoms with Crippen LogP contribution in [0.4, 0.5) is 0 Å². The smallest absolute Gasteiger partial charge is 0.243 e. The molecule has 7 nitrogen and oxygen atoms in total. The number of para-hydroxylation sites is 2. The summed E-state index contributed by atoms with van der Waals surface area (Å²) in [6.07, 6.45) is 2.76. The van der Waals surface area contributed by atoms with Gasteiger partial charge in [0.1, 0.15) is 0 Å². The Kier molecular flexibility index (Phi) is 5.87. The number of rotatable bonds is 5. The predicted octanol–water partition coefficient (Wildman–Crippen LogP) is 2.66. The lowest BCUT2D eigenvalue weighted by atomic mass is 10.2. The van der Waals surface area contributed by atoms with Crippen LogP contribution in [-0.4, -0.2) is 59.3 Å². The molecule has 1 amide bonds. The highest BCUT2D eigenvalue weighted by Gasteiger charge is 2.28. The van der Waals surface area contributed by atoms with Gasteiger partial charge in [0.05, 0.1) is 22.3 Å². The third-order valence-electron chi connectivity index (χ3n) is 5.56. The Morgan fingerprint density at radius 3 is 2.57 bits per heavy atom. The number of aromatic nitrogens is 2. The van der Waals surface area contributed by atoms with Gasteiger partial charge in [-0.25, -0.2) is 13.4 Å². The highest BCUT2D eigenvalue weighted by atomic mass is 32.2. The number of aryl methyl sites for hydroxylation is 2. The second kappa shape index (κ2) is 8.57. The van der Waals surface area contributed by atoms with Gasteiger partial charge >= 0.3 is 0 Å². The molecule has 1 fully saturated rings. The van der Waals surface area contributed by atoms with Crippen LogP contribution in [0.3, 0.4) is 0 Å². The number of carbonyl (C=O) groups excluding carboxylic acids is 1. The number of amides is 1. The number of nitrogens with zero attached hydrogens (tertiary/aromatic N) is 4. The molecule has 1 aliphatic rings. The maximum absolute atomic E-state index is 12.9. The molecule has 0 atom stereocenters. The molecule has 3 aromatic rings. The molecule has 0 bridgehead atoms. The number of fused-ring (bicyclic) bond motifs is 1. The third kappa shape index (κ3) is 4.24. The van der Waals surface area contributed by atoms with Crippen LogP contribution in [0, 0.1) is 6.92 Å². The Balaban J connectivity index is 1.37. The van der Waals surface area contributed by atoms with Crippen LogP contribution < -0.4 is 0 Å². The molecule has 0 N–H and O–H groups in total. The summed E-state index contributed by atoms with van der Waals surface area (Å²) in [4.78, 5) is 19.2. The SMILES string of the molecule is Cc1ccc(S(=O)(=O)N2CCCN(C(=O)CCn3cnc4ccccc43)CC2)cc1. The van der Waals surface area contributed by atoms with Crippen LogP contribution >= 0.6 is 0 Å². The highest BCUT2D eigenvalue weighted by Crippen LogP contribution is 2.19. The predicted molar refractivity (Wildman–Crippen MR) is 115 cm³/mol. The average molecular weight is 427 g/mol. The van der Waals surface area contributed by atoms with Crippen LogP contribution in [0.5, 0.6) is 0 Å². The minimum atomic E-state index is -3.54. The number of hydrogen-bond acceptors (Lipinski definition) is 4. The van der Waals surface area contributed by atoms with E-state index in [1.54, 1.807) is 35.5 Å². The molecule has 30 heavy (non-hydrogen) atoms. The van der Waals surface area contributed by atoms with Crippen molar-refractivity contribution in [2.24, 2.45) is 0 Å². The molecule has 1 aromatic heterocycles. The molecule has 0 spiro atoms. The number of imidazole rings is 1. The van der Waals surface area contributed by atoms with Crippen molar-refractivity contribution in [3.8, 4) is 0 Å². The summed E-state index contributed by atoms with van der Waals surface area (Å²) in [6, 6.07) is 14.7. The van der Waals surface area contributed by atoms with Crippen molar-refractivity contribution in [2.45, 2.75) is 31.2 Å². The van der Waals surface area contributed by atoms with Crippen LogP contribution in [0.25, 0.3) is 11.0 Å². The topological polar surface area (TPSA) is 75.5 Å². The zero-order valence-corrected chi connectivity index (χ0v) is 17.9. The Morgan fingerprint density at radius 2 is 1.77 bits per heavy atom. The van der Waals surface area contributed by atoms with Crippen LogP contribution in [0.15, 0.2) is 59.8 Å². The van der Waals surface area contributed by atoms with E-state index in [-0.39, 0.29) is 5.91 Å². The first kappa shape index (κ1) is 20.6. The minimum Gasteiger partial charge on any atom is -0.341 e. The van der Waals surface area contributed by atoms with Crippen LogP contribution in [0.2, 0.25) is 0 Å². The van der Waals surface area contributed by atoms with Crippen LogP contribution in [-0.2, 0) is 21.4 Å². The molecule has 0 unspecified atom stereocenters. The lowest BCUT2D eigenvalue weighted by molar-refractivity contribution is -0.131. The highest BCUT2D eigenvalue weighted by molar-refractivity contribution is 7.89. The van der Waals surface area contributed by atoms with Crippen molar-refractivity contribution in [2.75, 3.05) is 26.2 Å². The van der Waals surface area contributed by atoms with E-state index in [2.05, 4.69) is 4.98 Å². The van der Waals surface area contributed by atoms with Crippen LogP contribution in [0.1, 0.15) is 18.4 Å². The molecule has 0 saturated carbocycles. The Labute approximate surface area is 177 Å². The summed E-state index contributed by atoms with van der Waals surface area (Å²) in [5.41, 5.74) is 2.94. The van der Waals surface area contributed by atoms with E-state index in [4.69, 9.17) is 0 Å². The summed E-state index contributed by atoms with van der Waals surface area (Å²) in [5.74, 6) is 0.0439. The first-order valence-electron chi connectivity index (χ1n) is 10.2. The number of benzene rings is 2. The molecular weight excluding hydrogens is 400 g/mol. The monoisotopic (exact) mass is 426 g/mol. The fourth-order valence-corrected chi connectivity index (χ4v) is 5.28. The quantitative estimate of drug-likeness (QED) is 0.629. The second-order valence-electron chi connectivity index (χ2n) is 7.63. The standard InChI is InChI=1S/C22H26N4O3S/c1-18-7-9-19(10-8-18)30(28,29)26-13-4-12-24(15-16-26)22(27)11-14-25-17-23-20-5-2-3-6-21(20)25/h2-3,5-10,17H,4,11-16H2,1H3. The van der Waals surface area contributed by atoms with Crippen molar-refractivity contribution in [3.63, 3.8) is 0 Å². The van der Waals surface area contributed by atoms with Gasteiger partial charge in [0.2, 0.25) is 15.9 Å². The normalized spacial score (nSPS) is 16.0. The molecule has 2 aromatic carbocycles. The van der Waals surface area contributed by atoms with Gasteiger partial charge in [-0.05, 0) is 37.6 Å². The molecule has 0 aliphatic carbocycles. The largest absolute Gasteiger partial charge is 0.341 e. The van der Waals surface area contributed by atoms with Gasteiger partial charge in [0, 0.05) is 39.1 Å². The fraction of sp³-hybridized carbons (Fsp3) is 0.364. The first-order chi connectivity index (χ1) is 14.4. The van der Waals surface area contributed by atoms with E-state index in [0.29, 0.717) is 50.5 Å². The molecule has 8 heteroatoms. The molecule has 1 saturated heterocycles. The number of hydrogen-bond donors (Lipinski definition) is 0. The van der Waals surface area contributed by atoms with Gasteiger partial charge < -0.3 is 9.47 Å². The Morgan fingerprint density at radius 1 is 1.00 bits per heavy atom. The maximum Gasteiger partial charge on any atom is 0.243 e. The van der Waals surface area contributed by atoms with Gasteiger partial charge in [0.25, 0.3) is 0 Å². The zero-order valence-electron chi connectivity index (χ0n) is 17.1. The van der Waals surface area contributed by atoms with Crippen molar-refractivity contribution in [1.82, 2.24) is 18.8 Å². The molecule has 158 valence electrons. The maximum atomic E-state index is 12.9. The summed E-state index contributed by atoms with van der Waals surface area (Å²) in [7, 11) is -3.54. The van der Waals surface area contributed by atoms with Gasteiger partial charge in [-0.3, -0.25) is 4.79 Å². The van der Waals surface area contributed by atoms with Crippen molar-refractivity contribution < 1.29 is 13.2 Å².